The molecular weight excluding hydrogens is 679 g/mol. The molecule has 0 aliphatic carbocycles. The van der Waals surface area contributed by atoms with Crippen LogP contribution in [-0.2, 0) is 20.1 Å². The molecule has 0 fully saturated rings. The minimum Gasteiger partial charge on any atom is -0.486 e. The SMILES string of the molecule is Cc1ccc(-c2[c-]cccc2)nc1.Cc1ccc2c(n1)oc1c(-c3ccc4sc(C)c(C)c4n3)[c-]ccc12.[Ir]. The third-order valence-corrected chi connectivity index (χ3v) is 7.76. The van der Waals surface area contributed by atoms with Crippen LogP contribution in [0.3, 0.4) is 0 Å². The molecule has 39 heavy (non-hydrogen) atoms. The molecule has 5 aromatic heterocycles. The fourth-order valence-electron chi connectivity index (χ4n) is 4.43. The first-order valence-electron chi connectivity index (χ1n) is 12.5. The maximum atomic E-state index is 6.09. The van der Waals surface area contributed by atoms with E-state index in [1.165, 1.54) is 20.7 Å². The molecule has 2 aromatic carbocycles. The van der Waals surface area contributed by atoms with E-state index < -0.39 is 0 Å². The maximum Gasteiger partial charge on any atom is 0.216 e. The number of thiophene rings is 1. The van der Waals surface area contributed by atoms with E-state index in [0.717, 1.165) is 50.1 Å². The average Bonchev–Trinajstić information content (AvgIpc) is 3.45. The van der Waals surface area contributed by atoms with Crippen molar-refractivity contribution in [2.24, 2.45) is 0 Å². The van der Waals surface area contributed by atoms with Gasteiger partial charge >= 0.3 is 0 Å². The summed E-state index contributed by atoms with van der Waals surface area (Å²) in [5.41, 5.74) is 9.69. The molecule has 195 valence electrons. The van der Waals surface area contributed by atoms with Crippen molar-refractivity contribution in [2.45, 2.75) is 27.7 Å². The summed E-state index contributed by atoms with van der Waals surface area (Å²) < 4.78 is 7.30. The van der Waals surface area contributed by atoms with Crippen molar-refractivity contribution < 1.29 is 24.5 Å². The van der Waals surface area contributed by atoms with E-state index in [-0.39, 0.29) is 20.1 Å². The Balaban J connectivity index is 0.000000187. The Morgan fingerprint density at radius 1 is 0.769 bits per heavy atom. The summed E-state index contributed by atoms with van der Waals surface area (Å²) in [7, 11) is 0. The Hall–Kier alpha value is -3.70. The molecule has 0 aliphatic rings. The molecule has 0 saturated heterocycles. The van der Waals surface area contributed by atoms with Gasteiger partial charge in [0.25, 0.3) is 0 Å². The molecule has 7 rings (SSSR count). The molecule has 0 N–H and O–H groups in total. The fraction of sp³-hybridized carbons (Fsp3) is 0.121. The number of pyridine rings is 3. The molecule has 0 aliphatic heterocycles. The number of nitrogens with zero attached hydrogens (tertiary/aromatic N) is 3. The van der Waals surface area contributed by atoms with Gasteiger partial charge in [-0.25, -0.2) is 4.98 Å². The first-order chi connectivity index (χ1) is 18.5. The van der Waals surface area contributed by atoms with E-state index in [9.17, 15) is 0 Å². The Morgan fingerprint density at radius 2 is 1.62 bits per heavy atom. The van der Waals surface area contributed by atoms with Crippen molar-refractivity contribution in [3.63, 3.8) is 0 Å². The molecule has 7 aromatic rings. The van der Waals surface area contributed by atoms with Gasteiger partial charge in [0.15, 0.2) is 0 Å². The second kappa shape index (κ2) is 11.2. The standard InChI is InChI=1S/C21H15N2OS.C12H10N.Ir/c1-11-7-8-15-14-5-4-6-16(20(14)24-21(15)22-11)17-9-10-18-19(23-17)12(2)13(3)25-18;1-10-7-8-12(13-9-10)11-5-3-2-4-6-11;/h4-5,7-10H,1-3H3;2-5,7-9H,1H3;/q2*-1;. The smallest absolute Gasteiger partial charge is 0.216 e. The van der Waals surface area contributed by atoms with Gasteiger partial charge in [0, 0.05) is 42.3 Å². The number of aromatic nitrogens is 3. The number of rotatable bonds is 2. The van der Waals surface area contributed by atoms with Gasteiger partial charge in [0.1, 0.15) is 0 Å². The summed E-state index contributed by atoms with van der Waals surface area (Å²) in [6.07, 6.45) is 1.87. The second-order valence-electron chi connectivity index (χ2n) is 9.33. The van der Waals surface area contributed by atoms with Crippen LogP contribution in [0, 0.1) is 39.8 Å². The molecule has 0 bridgehead atoms. The Morgan fingerprint density at radius 3 is 2.38 bits per heavy atom. The van der Waals surface area contributed by atoms with E-state index in [2.05, 4.69) is 60.2 Å². The van der Waals surface area contributed by atoms with Crippen molar-refractivity contribution in [1.29, 1.82) is 0 Å². The van der Waals surface area contributed by atoms with Gasteiger partial charge in [0.2, 0.25) is 5.71 Å². The fourth-order valence-corrected chi connectivity index (χ4v) is 5.44. The summed E-state index contributed by atoms with van der Waals surface area (Å²) in [5, 5.41) is 2.08. The number of aryl methyl sites for hydroxylation is 4. The summed E-state index contributed by atoms with van der Waals surface area (Å²) in [6.45, 7) is 8.27. The quantitative estimate of drug-likeness (QED) is 0.169. The van der Waals surface area contributed by atoms with E-state index in [1.807, 2.05) is 68.6 Å². The number of fused-ring (bicyclic) bond motifs is 4. The van der Waals surface area contributed by atoms with Crippen LogP contribution in [0.5, 0.6) is 0 Å². The van der Waals surface area contributed by atoms with Gasteiger partial charge in [-0.2, -0.15) is 0 Å². The average molecular weight is 704 g/mol. The predicted molar refractivity (Wildman–Crippen MR) is 156 cm³/mol. The molecule has 0 spiro atoms. The third kappa shape index (κ3) is 5.28. The van der Waals surface area contributed by atoms with Crippen LogP contribution in [0.1, 0.15) is 21.7 Å². The van der Waals surface area contributed by atoms with Crippen LogP contribution in [-0.4, -0.2) is 15.0 Å². The molecule has 0 unspecified atom stereocenters. The van der Waals surface area contributed by atoms with Gasteiger partial charge in [-0.3, -0.25) is 4.98 Å². The van der Waals surface area contributed by atoms with E-state index in [4.69, 9.17) is 9.40 Å². The van der Waals surface area contributed by atoms with Crippen molar-refractivity contribution in [3.05, 3.63) is 113 Å². The van der Waals surface area contributed by atoms with E-state index in [0.29, 0.717) is 5.71 Å². The molecular formula is C33H25IrN3OS-2. The first kappa shape index (κ1) is 26.9. The van der Waals surface area contributed by atoms with Gasteiger partial charge < -0.3 is 9.40 Å². The van der Waals surface area contributed by atoms with Crippen molar-refractivity contribution in [2.75, 3.05) is 0 Å². The largest absolute Gasteiger partial charge is 0.486 e. The number of benzene rings is 2. The molecule has 0 saturated carbocycles. The number of hydrogen-bond donors (Lipinski definition) is 0. The van der Waals surface area contributed by atoms with Gasteiger partial charge in [-0.05, 0) is 68.4 Å². The Labute approximate surface area is 245 Å². The van der Waals surface area contributed by atoms with Crippen LogP contribution >= 0.6 is 11.3 Å². The summed E-state index contributed by atoms with van der Waals surface area (Å²) >= 11 is 1.79. The summed E-state index contributed by atoms with van der Waals surface area (Å²) in [5.74, 6) is 0. The van der Waals surface area contributed by atoms with Crippen LogP contribution < -0.4 is 0 Å². The minimum atomic E-state index is 0. The molecule has 0 atom stereocenters. The maximum absolute atomic E-state index is 6.09. The molecule has 4 nitrogen and oxygen atoms in total. The van der Waals surface area contributed by atoms with Crippen LogP contribution in [0.25, 0.3) is 54.8 Å². The van der Waals surface area contributed by atoms with Crippen LogP contribution in [0.15, 0.2) is 83.4 Å². The first-order valence-corrected chi connectivity index (χ1v) is 13.3. The van der Waals surface area contributed by atoms with Crippen molar-refractivity contribution in [1.82, 2.24) is 15.0 Å². The summed E-state index contributed by atoms with van der Waals surface area (Å²) in [6, 6.07) is 30.6. The van der Waals surface area contributed by atoms with Crippen molar-refractivity contribution in [3.8, 4) is 22.5 Å². The van der Waals surface area contributed by atoms with Crippen LogP contribution in [0.2, 0.25) is 0 Å². The third-order valence-electron chi connectivity index (χ3n) is 6.59. The van der Waals surface area contributed by atoms with Gasteiger partial charge in [-0.1, -0.05) is 29.1 Å². The van der Waals surface area contributed by atoms with Gasteiger partial charge in [-0.15, -0.1) is 65.4 Å². The zero-order valence-corrected chi connectivity index (χ0v) is 25.2. The van der Waals surface area contributed by atoms with Crippen LogP contribution in [0.4, 0.5) is 0 Å². The predicted octanol–water partition coefficient (Wildman–Crippen LogP) is 8.84. The Bertz CT molecular complexity index is 1910. The Kier molecular flexibility index (Phi) is 7.71. The molecule has 0 amide bonds. The second-order valence-corrected chi connectivity index (χ2v) is 10.6. The zero-order valence-electron chi connectivity index (χ0n) is 22.0. The minimum absolute atomic E-state index is 0. The van der Waals surface area contributed by atoms with E-state index >= 15 is 0 Å². The molecule has 1 radical (unpaired) electrons. The topological polar surface area (TPSA) is 51.8 Å². The summed E-state index contributed by atoms with van der Waals surface area (Å²) in [4.78, 5) is 15.0. The molecule has 6 heteroatoms. The van der Waals surface area contributed by atoms with Crippen molar-refractivity contribution >= 4 is 43.6 Å². The molecule has 5 heterocycles. The zero-order chi connectivity index (χ0) is 26.2. The normalized spacial score (nSPS) is 10.9. The van der Waals surface area contributed by atoms with E-state index in [1.54, 1.807) is 11.3 Å². The number of furan rings is 1. The van der Waals surface area contributed by atoms with Gasteiger partial charge in [0.05, 0.1) is 15.8 Å². The monoisotopic (exact) mass is 704 g/mol. The number of hydrogen-bond acceptors (Lipinski definition) is 5.